The van der Waals surface area contributed by atoms with E-state index < -0.39 is 15.8 Å². The summed E-state index contributed by atoms with van der Waals surface area (Å²) in [7, 11) is -3.35. The van der Waals surface area contributed by atoms with E-state index in [1.807, 2.05) is 13.0 Å². The second-order valence-corrected chi connectivity index (χ2v) is 8.97. The number of sulfonamides is 1. The van der Waals surface area contributed by atoms with Crippen LogP contribution in [0.2, 0.25) is 5.02 Å². The van der Waals surface area contributed by atoms with Gasteiger partial charge in [0.25, 0.3) is 5.91 Å². The number of carbonyl (C=O) groups excluding carboxylic acids is 1. The van der Waals surface area contributed by atoms with Gasteiger partial charge in [-0.3, -0.25) is 4.79 Å². The quantitative estimate of drug-likeness (QED) is 0.783. The number of amides is 1. The fourth-order valence-electron chi connectivity index (χ4n) is 3.37. The van der Waals surface area contributed by atoms with Crippen molar-refractivity contribution < 1.29 is 17.6 Å². The fourth-order valence-corrected chi connectivity index (χ4v) is 4.39. The van der Waals surface area contributed by atoms with Gasteiger partial charge in [-0.05, 0) is 67.6 Å². The molecule has 144 valence electrons. The third-order valence-electron chi connectivity index (χ3n) is 4.73. The van der Waals surface area contributed by atoms with Gasteiger partial charge in [0, 0.05) is 17.3 Å². The normalized spacial score (nSPS) is 16.2. The first-order valence-electron chi connectivity index (χ1n) is 8.60. The van der Waals surface area contributed by atoms with Crippen LogP contribution < -0.4 is 10.0 Å². The van der Waals surface area contributed by atoms with Gasteiger partial charge in [-0.2, -0.15) is 0 Å². The number of benzene rings is 2. The summed E-state index contributed by atoms with van der Waals surface area (Å²) in [6, 6.07) is 7.17. The number of hydrogen-bond donors (Lipinski definition) is 2. The zero-order chi connectivity index (χ0) is 19.8. The van der Waals surface area contributed by atoms with Crippen LogP contribution in [-0.2, 0) is 16.4 Å². The van der Waals surface area contributed by atoms with Crippen molar-refractivity contribution in [2.45, 2.75) is 32.7 Å². The predicted molar refractivity (Wildman–Crippen MR) is 104 cm³/mol. The summed E-state index contributed by atoms with van der Waals surface area (Å²) >= 11 is 5.76. The first kappa shape index (κ1) is 19.8. The van der Waals surface area contributed by atoms with E-state index in [-0.39, 0.29) is 22.7 Å². The number of carbonyl (C=O) groups is 1. The first-order valence-corrected chi connectivity index (χ1v) is 10.6. The van der Waals surface area contributed by atoms with Gasteiger partial charge in [0.2, 0.25) is 10.0 Å². The van der Waals surface area contributed by atoms with Crippen molar-refractivity contribution in [3.63, 3.8) is 0 Å². The molecule has 0 radical (unpaired) electrons. The molecule has 8 heteroatoms. The average Bonchev–Trinajstić information content (AvgIpc) is 3.02. The molecule has 2 N–H and O–H groups in total. The Morgan fingerprint density at radius 2 is 2.04 bits per heavy atom. The summed E-state index contributed by atoms with van der Waals surface area (Å²) in [4.78, 5) is 12.7. The minimum Gasteiger partial charge on any atom is -0.322 e. The predicted octanol–water partition coefficient (Wildman–Crippen LogP) is 3.97. The van der Waals surface area contributed by atoms with Crippen LogP contribution in [0.3, 0.4) is 0 Å². The van der Waals surface area contributed by atoms with E-state index in [1.54, 1.807) is 13.0 Å². The number of halogens is 2. The van der Waals surface area contributed by atoms with E-state index in [4.69, 9.17) is 11.6 Å². The molecule has 1 atom stereocenters. The number of nitrogens with one attached hydrogen (secondary N) is 2. The molecule has 0 saturated heterocycles. The smallest absolute Gasteiger partial charge is 0.255 e. The Kier molecular flexibility index (Phi) is 5.55. The number of hydrogen-bond acceptors (Lipinski definition) is 3. The van der Waals surface area contributed by atoms with Crippen molar-refractivity contribution >= 4 is 33.2 Å². The van der Waals surface area contributed by atoms with Crippen molar-refractivity contribution in [3.05, 3.63) is 63.4 Å². The van der Waals surface area contributed by atoms with Crippen molar-refractivity contribution in [2.75, 3.05) is 11.1 Å². The largest absolute Gasteiger partial charge is 0.322 e. The number of anilines is 1. The molecule has 0 heterocycles. The van der Waals surface area contributed by atoms with Crippen LogP contribution in [0, 0.1) is 12.7 Å². The van der Waals surface area contributed by atoms with Crippen molar-refractivity contribution in [2.24, 2.45) is 0 Å². The lowest BCUT2D eigenvalue weighted by Gasteiger charge is -2.17. The van der Waals surface area contributed by atoms with E-state index in [2.05, 4.69) is 10.0 Å². The molecule has 0 aromatic heterocycles. The summed E-state index contributed by atoms with van der Waals surface area (Å²) in [6.45, 7) is 3.49. The third kappa shape index (κ3) is 4.15. The highest BCUT2D eigenvalue weighted by atomic mass is 35.5. The van der Waals surface area contributed by atoms with Crippen molar-refractivity contribution in [3.8, 4) is 0 Å². The Balaban J connectivity index is 1.91. The molecule has 0 saturated carbocycles. The van der Waals surface area contributed by atoms with E-state index in [0.29, 0.717) is 24.1 Å². The lowest BCUT2D eigenvalue weighted by Crippen LogP contribution is -2.29. The highest BCUT2D eigenvalue weighted by Crippen LogP contribution is 2.36. The molecule has 2 aromatic rings. The maximum Gasteiger partial charge on any atom is 0.255 e. The summed E-state index contributed by atoms with van der Waals surface area (Å²) in [5.74, 6) is -0.895. The molecule has 1 amide bonds. The van der Waals surface area contributed by atoms with E-state index in [9.17, 15) is 17.6 Å². The molecule has 3 rings (SSSR count). The van der Waals surface area contributed by atoms with Crippen LogP contribution in [-0.4, -0.2) is 20.1 Å². The van der Waals surface area contributed by atoms with Crippen LogP contribution in [0.15, 0.2) is 30.3 Å². The molecule has 2 aromatic carbocycles. The van der Waals surface area contributed by atoms with Gasteiger partial charge in [-0.15, -0.1) is 0 Å². The SMILES string of the molecule is CCS(=O)(=O)N[C@H]1CCc2c(C(=O)Nc3ccc(F)c(Cl)c3)ccc(C)c21. The Morgan fingerprint density at radius 3 is 2.70 bits per heavy atom. The standard InChI is InChI=1S/C19H20ClFN2O3S/c1-3-27(25,26)23-17-9-7-13-14(6-4-11(2)18(13)17)19(24)22-12-5-8-16(21)15(20)10-12/h4-6,8,10,17,23H,3,7,9H2,1-2H3,(H,22,24)/t17-/m0/s1. The van der Waals surface area contributed by atoms with Crippen molar-refractivity contribution in [1.29, 1.82) is 0 Å². The van der Waals surface area contributed by atoms with Gasteiger partial charge in [0.15, 0.2) is 0 Å². The van der Waals surface area contributed by atoms with Crippen LogP contribution in [0.25, 0.3) is 0 Å². The number of aryl methyl sites for hydroxylation is 1. The maximum absolute atomic E-state index is 13.3. The van der Waals surface area contributed by atoms with Gasteiger partial charge in [0.05, 0.1) is 10.8 Å². The van der Waals surface area contributed by atoms with Gasteiger partial charge >= 0.3 is 0 Å². The first-order chi connectivity index (χ1) is 12.7. The number of fused-ring (bicyclic) bond motifs is 1. The molecule has 1 aliphatic carbocycles. The molecule has 0 unspecified atom stereocenters. The van der Waals surface area contributed by atoms with Crippen LogP contribution >= 0.6 is 11.6 Å². The van der Waals surface area contributed by atoms with Crippen molar-refractivity contribution in [1.82, 2.24) is 4.72 Å². The summed E-state index contributed by atoms with van der Waals surface area (Å²) in [5.41, 5.74) is 3.50. The van der Waals surface area contributed by atoms with E-state index in [0.717, 1.165) is 16.7 Å². The lowest BCUT2D eigenvalue weighted by molar-refractivity contribution is 0.102. The summed E-state index contributed by atoms with van der Waals surface area (Å²) in [6.07, 6.45) is 1.20. The fraction of sp³-hybridized carbons (Fsp3) is 0.316. The van der Waals surface area contributed by atoms with Crippen LogP contribution in [0.5, 0.6) is 0 Å². The molecule has 5 nitrogen and oxygen atoms in total. The molecular formula is C19H20ClFN2O3S. The monoisotopic (exact) mass is 410 g/mol. The third-order valence-corrected chi connectivity index (χ3v) is 6.42. The molecule has 0 bridgehead atoms. The van der Waals surface area contributed by atoms with Crippen LogP contribution in [0.4, 0.5) is 10.1 Å². The highest BCUT2D eigenvalue weighted by Gasteiger charge is 2.30. The highest BCUT2D eigenvalue weighted by molar-refractivity contribution is 7.89. The molecule has 0 aliphatic heterocycles. The molecular weight excluding hydrogens is 391 g/mol. The number of rotatable bonds is 5. The Hall–Kier alpha value is -1.96. The maximum atomic E-state index is 13.3. The Labute approximate surface area is 163 Å². The van der Waals surface area contributed by atoms with Gasteiger partial charge < -0.3 is 5.32 Å². The minimum atomic E-state index is -3.35. The van der Waals surface area contributed by atoms with E-state index >= 15 is 0 Å². The van der Waals surface area contributed by atoms with Gasteiger partial charge in [-0.25, -0.2) is 17.5 Å². The average molecular weight is 411 g/mol. The second kappa shape index (κ2) is 7.58. The Bertz CT molecular complexity index is 1010. The molecule has 27 heavy (non-hydrogen) atoms. The Morgan fingerprint density at radius 1 is 1.30 bits per heavy atom. The minimum absolute atomic E-state index is 0.00336. The van der Waals surface area contributed by atoms with E-state index in [1.165, 1.54) is 18.2 Å². The van der Waals surface area contributed by atoms with Gasteiger partial charge in [-0.1, -0.05) is 17.7 Å². The molecule has 0 spiro atoms. The summed E-state index contributed by atoms with van der Waals surface area (Å²) in [5, 5.41) is 2.65. The summed E-state index contributed by atoms with van der Waals surface area (Å²) < 4.78 is 39.9. The second-order valence-electron chi connectivity index (χ2n) is 6.52. The van der Waals surface area contributed by atoms with Crippen LogP contribution in [0.1, 0.15) is 46.4 Å². The zero-order valence-corrected chi connectivity index (χ0v) is 16.5. The zero-order valence-electron chi connectivity index (χ0n) is 15.0. The molecule has 0 fully saturated rings. The lowest BCUT2D eigenvalue weighted by atomic mass is 9.97. The molecule has 1 aliphatic rings. The topological polar surface area (TPSA) is 75.3 Å². The van der Waals surface area contributed by atoms with Gasteiger partial charge in [0.1, 0.15) is 5.82 Å².